The van der Waals surface area contributed by atoms with E-state index in [0.29, 0.717) is 0 Å². The van der Waals surface area contributed by atoms with Crippen molar-refractivity contribution in [1.29, 1.82) is 0 Å². The van der Waals surface area contributed by atoms with Gasteiger partial charge in [0.15, 0.2) is 0 Å². The highest BCUT2D eigenvalue weighted by Gasteiger charge is 2.27. The molecule has 2 nitrogen and oxygen atoms in total. The van der Waals surface area contributed by atoms with Crippen molar-refractivity contribution >= 4 is 11.6 Å². The fraction of sp³-hybridized carbons (Fsp3) is 1.00. The molecule has 0 aromatic heterocycles. The molecule has 0 radical (unpaired) electrons. The van der Waals surface area contributed by atoms with Gasteiger partial charge in [-0.05, 0) is 45.2 Å². The number of unbranched alkanes of at least 4 members (excludes halogenated alkanes) is 3. The first-order chi connectivity index (χ1) is 7.22. The van der Waals surface area contributed by atoms with E-state index in [9.17, 15) is 5.11 Å². The Labute approximate surface area is 98.6 Å². The Morgan fingerprint density at radius 2 is 1.87 bits per heavy atom. The zero-order valence-electron chi connectivity index (χ0n) is 9.79. The summed E-state index contributed by atoms with van der Waals surface area (Å²) in [6.07, 6.45) is 7.01. The lowest BCUT2D eigenvalue weighted by Gasteiger charge is -2.34. The molecule has 0 amide bonds. The highest BCUT2D eigenvalue weighted by molar-refractivity contribution is 6.17. The molecule has 0 aromatic carbocycles. The van der Waals surface area contributed by atoms with E-state index in [1.165, 1.54) is 25.8 Å². The molecule has 0 aromatic rings. The second-order valence-corrected chi connectivity index (χ2v) is 5.23. The second-order valence-electron chi connectivity index (χ2n) is 4.86. The quantitative estimate of drug-likeness (QED) is 0.515. The van der Waals surface area contributed by atoms with E-state index in [2.05, 4.69) is 11.9 Å². The van der Waals surface area contributed by atoms with Crippen LogP contribution >= 0.6 is 11.6 Å². The first-order valence-electron chi connectivity index (χ1n) is 6.15. The summed E-state index contributed by atoms with van der Waals surface area (Å²) in [4.78, 5) is 2.40. The van der Waals surface area contributed by atoms with Gasteiger partial charge in [0.1, 0.15) is 0 Å². The number of hydrogen-bond donors (Lipinski definition) is 1. The fourth-order valence-electron chi connectivity index (χ4n) is 2.21. The lowest BCUT2D eigenvalue weighted by molar-refractivity contribution is 0.0282. The minimum atomic E-state index is -0.00730. The molecule has 1 rings (SSSR count). The van der Waals surface area contributed by atoms with Crippen LogP contribution in [0, 0.1) is 5.92 Å². The van der Waals surface area contributed by atoms with Gasteiger partial charge in [0, 0.05) is 12.4 Å². The zero-order valence-corrected chi connectivity index (χ0v) is 10.5. The fourth-order valence-corrected chi connectivity index (χ4v) is 2.40. The van der Waals surface area contributed by atoms with Gasteiger partial charge in [0.05, 0.1) is 6.10 Å². The largest absolute Gasteiger partial charge is 0.393 e. The molecular weight excluding hydrogens is 210 g/mol. The van der Waals surface area contributed by atoms with Gasteiger partial charge in [-0.2, -0.15) is 0 Å². The molecule has 0 aliphatic heterocycles. The summed E-state index contributed by atoms with van der Waals surface area (Å²) in [5.41, 5.74) is 0. The molecule has 1 N–H and O–H groups in total. The molecule has 1 saturated carbocycles. The minimum absolute atomic E-state index is 0.00730. The summed E-state index contributed by atoms with van der Waals surface area (Å²) in [5.74, 6) is 1.54. The monoisotopic (exact) mass is 233 g/mol. The molecule has 15 heavy (non-hydrogen) atoms. The second kappa shape index (κ2) is 7.48. The molecule has 1 fully saturated rings. The van der Waals surface area contributed by atoms with Gasteiger partial charge in [-0.15, -0.1) is 11.6 Å². The lowest BCUT2D eigenvalue weighted by Crippen LogP contribution is -2.37. The summed E-state index contributed by atoms with van der Waals surface area (Å²) in [5, 5.41) is 9.17. The standard InChI is InChI=1S/C12H24ClNO/c1-14(7-5-3-2-4-6-13)10-11-8-12(15)9-11/h11-12,15H,2-10H2,1H3. The predicted octanol–water partition coefficient (Wildman–Crippen LogP) is 2.49. The summed E-state index contributed by atoms with van der Waals surface area (Å²) in [7, 11) is 2.19. The van der Waals surface area contributed by atoms with Gasteiger partial charge >= 0.3 is 0 Å². The Balaban J connectivity index is 1.87. The van der Waals surface area contributed by atoms with Crippen molar-refractivity contribution < 1.29 is 5.11 Å². The number of hydrogen-bond acceptors (Lipinski definition) is 2. The van der Waals surface area contributed by atoms with Crippen LogP contribution in [0.1, 0.15) is 38.5 Å². The van der Waals surface area contributed by atoms with Crippen LogP contribution in [0.5, 0.6) is 0 Å². The first kappa shape index (κ1) is 13.3. The van der Waals surface area contributed by atoms with Crippen molar-refractivity contribution in [3.8, 4) is 0 Å². The Morgan fingerprint density at radius 1 is 1.20 bits per heavy atom. The summed E-state index contributed by atoms with van der Waals surface area (Å²) in [6, 6.07) is 0. The van der Waals surface area contributed by atoms with Gasteiger partial charge < -0.3 is 10.0 Å². The maximum absolute atomic E-state index is 9.17. The molecule has 0 bridgehead atoms. The van der Waals surface area contributed by atoms with Crippen molar-refractivity contribution in [3.05, 3.63) is 0 Å². The highest BCUT2D eigenvalue weighted by atomic mass is 35.5. The maximum atomic E-state index is 9.17. The number of aliphatic hydroxyl groups excluding tert-OH is 1. The molecule has 0 atom stereocenters. The third-order valence-electron chi connectivity index (χ3n) is 3.20. The van der Waals surface area contributed by atoms with Gasteiger partial charge in [-0.1, -0.05) is 12.8 Å². The van der Waals surface area contributed by atoms with Crippen LogP contribution in [0.2, 0.25) is 0 Å². The van der Waals surface area contributed by atoms with E-state index in [0.717, 1.165) is 37.6 Å². The van der Waals surface area contributed by atoms with Crippen LogP contribution in [0.3, 0.4) is 0 Å². The number of halogens is 1. The predicted molar refractivity (Wildman–Crippen MR) is 65.4 cm³/mol. The number of aliphatic hydroxyl groups is 1. The highest BCUT2D eigenvalue weighted by Crippen LogP contribution is 2.27. The van der Waals surface area contributed by atoms with E-state index in [1.807, 2.05) is 0 Å². The number of alkyl halides is 1. The smallest absolute Gasteiger partial charge is 0.0546 e. The lowest BCUT2D eigenvalue weighted by atomic mass is 9.82. The van der Waals surface area contributed by atoms with Crippen molar-refractivity contribution in [3.63, 3.8) is 0 Å². The third-order valence-corrected chi connectivity index (χ3v) is 3.47. The summed E-state index contributed by atoms with van der Waals surface area (Å²) < 4.78 is 0. The van der Waals surface area contributed by atoms with Gasteiger partial charge in [-0.25, -0.2) is 0 Å². The normalized spacial score (nSPS) is 25.6. The molecule has 0 unspecified atom stereocenters. The van der Waals surface area contributed by atoms with Crippen LogP contribution in [0.15, 0.2) is 0 Å². The van der Waals surface area contributed by atoms with E-state index in [4.69, 9.17) is 11.6 Å². The van der Waals surface area contributed by atoms with Crippen LogP contribution in [-0.2, 0) is 0 Å². The van der Waals surface area contributed by atoms with Gasteiger partial charge in [0.2, 0.25) is 0 Å². The molecule has 3 heteroatoms. The van der Waals surface area contributed by atoms with Crippen molar-refractivity contribution in [2.75, 3.05) is 26.0 Å². The van der Waals surface area contributed by atoms with E-state index in [-0.39, 0.29) is 6.10 Å². The van der Waals surface area contributed by atoms with Crippen LogP contribution in [0.25, 0.3) is 0 Å². The van der Waals surface area contributed by atoms with Gasteiger partial charge in [-0.3, -0.25) is 0 Å². The minimum Gasteiger partial charge on any atom is -0.393 e. The average Bonchev–Trinajstić information content (AvgIpc) is 2.15. The summed E-state index contributed by atoms with van der Waals surface area (Å²) >= 11 is 5.62. The van der Waals surface area contributed by atoms with E-state index < -0.39 is 0 Å². The molecule has 0 saturated heterocycles. The maximum Gasteiger partial charge on any atom is 0.0546 e. The zero-order chi connectivity index (χ0) is 11.1. The number of rotatable bonds is 8. The van der Waals surface area contributed by atoms with E-state index >= 15 is 0 Å². The van der Waals surface area contributed by atoms with Crippen LogP contribution in [0.4, 0.5) is 0 Å². The Bertz CT molecular complexity index is 160. The van der Waals surface area contributed by atoms with Crippen molar-refractivity contribution in [2.24, 2.45) is 5.92 Å². The molecular formula is C12H24ClNO. The first-order valence-corrected chi connectivity index (χ1v) is 6.68. The third kappa shape index (κ3) is 5.74. The van der Waals surface area contributed by atoms with Crippen LogP contribution < -0.4 is 0 Å². The van der Waals surface area contributed by atoms with Gasteiger partial charge in [0.25, 0.3) is 0 Å². The van der Waals surface area contributed by atoms with Crippen molar-refractivity contribution in [2.45, 2.75) is 44.6 Å². The SMILES string of the molecule is CN(CCCCCCCl)CC1CC(O)C1. The molecule has 90 valence electrons. The molecule has 1 aliphatic rings. The Hall–Kier alpha value is 0.210. The Kier molecular flexibility index (Phi) is 6.62. The summed E-state index contributed by atoms with van der Waals surface area (Å²) in [6.45, 7) is 2.35. The van der Waals surface area contributed by atoms with Crippen LogP contribution in [-0.4, -0.2) is 42.1 Å². The molecule has 0 spiro atoms. The topological polar surface area (TPSA) is 23.5 Å². The molecule has 0 heterocycles. The Morgan fingerprint density at radius 3 is 2.47 bits per heavy atom. The molecule has 1 aliphatic carbocycles. The van der Waals surface area contributed by atoms with Crippen molar-refractivity contribution in [1.82, 2.24) is 4.90 Å². The number of nitrogens with zero attached hydrogens (tertiary/aromatic N) is 1. The van der Waals surface area contributed by atoms with E-state index in [1.54, 1.807) is 0 Å². The average molecular weight is 234 g/mol.